The number of amides is 1. The molecule has 0 aliphatic carbocycles. The zero-order chi connectivity index (χ0) is 16.6. The van der Waals surface area contributed by atoms with Crippen molar-refractivity contribution in [2.24, 2.45) is 12.0 Å². The molecule has 0 atom stereocenters. The minimum Gasteiger partial charge on any atom is -0.319 e. The lowest BCUT2D eigenvalue weighted by Gasteiger charge is -2.03. The molecule has 0 aliphatic rings. The maximum absolute atomic E-state index is 12.2. The summed E-state index contributed by atoms with van der Waals surface area (Å²) in [6, 6.07) is 11.5. The number of thiazole rings is 1. The van der Waals surface area contributed by atoms with Crippen LogP contribution in [0.4, 0.5) is 0 Å². The van der Waals surface area contributed by atoms with Gasteiger partial charge >= 0.3 is 0 Å². The number of fused-ring (bicyclic) bond motifs is 1. The third-order valence-corrected chi connectivity index (χ3v) is 5.33. The van der Waals surface area contributed by atoms with E-state index in [9.17, 15) is 4.79 Å². The van der Waals surface area contributed by atoms with E-state index in [4.69, 9.17) is 11.6 Å². The molecule has 5 heteroatoms. The van der Waals surface area contributed by atoms with Crippen molar-refractivity contribution >= 4 is 39.1 Å². The van der Waals surface area contributed by atoms with Crippen LogP contribution < -0.4 is 4.80 Å². The van der Waals surface area contributed by atoms with Crippen LogP contribution in [-0.4, -0.2) is 10.5 Å². The van der Waals surface area contributed by atoms with Crippen LogP contribution in [0.3, 0.4) is 0 Å². The van der Waals surface area contributed by atoms with Crippen molar-refractivity contribution in [1.29, 1.82) is 0 Å². The summed E-state index contributed by atoms with van der Waals surface area (Å²) < 4.78 is 3.15. The smallest absolute Gasteiger partial charge is 0.252 e. The van der Waals surface area contributed by atoms with E-state index in [0.29, 0.717) is 5.02 Å². The molecule has 0 N–H and O–H groups in total. The predicted molar refractivity (Wildman–Crippen MR) is 96.0 cm³/mol. The third kappa shape index (κ3) is 3.23. The highest BCUT2D eigenvalue weighted by molar-refractivity contribution is 7.16. The molecule has 3 rings (SSSR count). The summed E-state index contributed by atoms with van der Waals surface area (Å²) in [6.45, 7) is 4.19. The molecule has 0 bridgehead atoms. The van der Waals surface area contributed by atoms with Gasteiger partial charge in [-0.25, -0.2) is 0 Å². The van der Waals surface area contributed by atoms with Gasteiger partial charge in [-0.05, 0) is 48.7 Å². The van der Waals surface area contributed by atoms with Gasteiger partial charge in [-0.15, -0.1) is 0 Å². The van der Waals surface area contributed by atoms with Gasteiger partial charge < -0.3 is 4.57 Å². The number of benzene rings is 2. The zero-order valence-corrected chi connectivity index (χ0v) is 14.8. The SMILES string of the molecule is Cc1ccc2sc(=NC(=O)Cc3ccc(Cl)cc3)n(C)c2c1C. The van der Waals surface area contributed by atoms with Crippen LogP contribution in [0, 0.1) is 13.8 Å². The monoisotopic (exact) mass is 344 g/mol. The molecule has 1 aromatic heterocycles. The van der Waals surface area contributed by atoms with E-state index in [1.807, 2.05) is 23.7 Å². The fourth-order valence-corrected chi connectivity index (χ4v) is 3.78. The standard InChI is InChI=1S/C18H17ClN2OS/c1-11-4-9-15-17(12(11)2)21(3)18(23-15)20-16(22)10-13-5-7-14(19)8-6-13/h4-9H,10H2,1-3H3. The highest BCUT2D eigenvalue weighted by Gasteiger charge is 2.09. The fourth-order valence-electron chi connectivity index (χ4n) is 2.56. The number of halogens is 1. The number of hydrogen-bond acceptors (Lipinski definition) is 2. The summed E-state index contributed by atoms with van der Waals surface area (Å²) in [4.78, 5) is 17.3. The van der Waals surface area contributed by atoms with Gasteiger partial charge in [-0.1, -0.05) is 41.1 Å². The van der Waals surface area contributed by atoms with E-state index in [-0.39, 0.29) is 12.3 Å². The van der Waals surface area contributed by atoms with Crippen LogP contribution >= 0.6 is 22.9 Å². The summed E-state index contributed by atoms with van der Waals surface area (Å²) in [7, 11) is 1.96. The molecule has 0 aliphatic heterocycles. The van der Waals surface area contributed by atoms with Gasteiger partial charge in [0.2, 0.25) is 0 Å². The average molecular weight is 345 g/mol. The first-order chi connectivity index (χ1) is 11.0. The molecule has 0 radical (unpaired) electrons. The van der Waals surface area contributed by atoms with Crippen molar-refractivity contribution in [1.82, 2.24) is 4.57 Å². The minimum absolute atomic E-state index is 0.149. The molecular weight excluding hydrogens is 328 g/mol. The molecule has 118 valence electrons. The summed E-state index contributed by atoms with van der Waals surface area (Å²) >= 11 is 7.40. The highest BCUT2D eigenvalue weighted by atomic mass is 35.5. The van der Waals surface area contributed by atoms with E-state index in [1.54, 1.807) is 23.5 Å². The van der Waals surface area contributed by atoms with E-state index < -0.39 is 0 Å². The van der Waals surface area contributed by atoms with Gasteiger partial charge in [-0.2, -0.15) is 4.99 Å². The quantitative estimate of drug-likeness (QED) is 0.686. The van der Waals surface area contributed by atoms with Crippen LogP contribution in [0.5, 0.6) is 0 Å². The number of aromatic nitrogens is 1. The van der Waals surface area contributed by atoms with E-state index >= 15 is 0 Å². The first kappa shape index (κ1) is 16.0. The second-order valence-corrected chi connectivity index (χ2v) is 7.05. The maximum atomic E-state index is 12.2. The van der Waals surface area contributed by atoms with Gasteiger partial charge in [0.1, 0.15) is 0 Å². The Morgan fingerprint density at radius 2 is 1.87 bits per heavy atom. The molecule has 1 heterocycles. The van der Waals surface area contributed by atoms with Crippen molar-refractivity contribution in [2.75, 3.05) is 0 Å². The Bertz CT molecular complexity index is 952. The largest absolute Gasteiger partial charge is 0.319 e. The Morgan fingerprint density at radius 3 is 2.57 bits per heavy atom. The number of rotatable bonds is 2. The second kappa shape index (κ2) is 6.30. The number of nitrogens with zero attached hydrogens (tertiary/aromatic N) is 2. The first-order valence-electron chi connectivity index (χ1n) is 7.33. The molecule has 3 nitrogen and oxygen atoms in total. The normalized spacial score (nSPS) is 12.1. The highest BCUT2D eigenvalue weighted by Crippen LogP contribution is 2.23. The van der Waals surface area contributed by atoms with Crippen LogP contribution in [0.2, 0.25) is 5.02 Å². The topological polar surface area (TPSA) is 34.4 Å². The summed E-state index contributed by atoms with van der Waals surface area (Å²) in [5.74, 6) is -0.149. The van der Waals surface area contributed by atoms with Crippen LogP contribution in [-0.2, 0) is 18.3 Å². The molecule has 23 heavy (non-hydrogen) atoms. The molecule has 1 amide bonds. The van der Waals surface area contributed by atoms with Crippen molar-refractivity contribution in [3.8, 4) is 0 Å². The van der Waals surface area contributed by atoms with Crippen molar-refractivity contribution in [3.05, 3.63) is 62.9 Å². The zero-order valence-electron chi connectivity index (χ0n) is 13.3. The molecular formula is C18H17ClN2OS. The van der Waals surface area contributed by atoms with Crippen molar-refractivity contribution in [3.63, 3.8) is 0 Å². The van der Waals surface area contributed by atoms with Gasteiger partial charge in [-0.3, -0.25) is 4.79 Å². The van der Waals surface area contributed by atoms with Gasteiger partial charge in [0.25, 0.3) is 5.91 Å². The summed E-state index contributed by atoms with van der Waals surface area (Å²) in [6.07, 6.45) is 0.281. The number of carbonyl (C=O) groups excluding carboxylic acids is 1. The Hall–Kier alpha value is -1.91. The number of hydrogen-bond donors (Lipinski definition) is 0. The Balaban J connectivity index is 1.97. The lowest BCUT2D eigenvalue weighted by Crippen LogP contribution is -2.14. The van der Waals surface area contributed by atoms with Crippen LogP contribution in [0.25, 0.3) is 10.2 Å². The van der Waals surface area contributed by atoms with E-state index in [2.05, 4.69) is 31.0 Å². The van der Waals surface area contributed by atoms with Gasteiger partial charge in [0.15, 0.2) is 4.80 Å². The fraction of sp³-hybridized carbons (Fsp3) is 0.222. The molecule has 0 fully saturated rings. The Labute approximate surface area is 143 Å². The Kier molecular flexibility index (Phi) is 4.37. The van der Waals surface area contributed by atoms with Crippen molar-refractivity contribution in [2.45, 2.75) is 20.3 Å². The molecule has 3 aromatic rings. The molecule has 0 saturated carbocycles. The summed E-state index contributed by atoms with van der Waals surface area (Å²) in [5.41, 5.74) is 4.53. The van der Waals surface area contributed by atoms with Crippen LogP contribution in [0.15, 0.2) is 41.4 Å². The Morgan fingerprint density at radius 1 is 1.17 bits per heavy atom. The minimum atomic E-state index is -0.149. The number of carbonyl (C=O) groups is 1. The van der Waals surface area contributed by atoms with E-state index in [1.165, 1.54) is 11.1 Å². The van der Waals surface area contributed by atoms with Crippen LogP contribution in [0.1, 0.15) is 16.7 Å². The molecule has 2 aromatic carbocycles. The predicted octanol–water partition coefficient (Wildman–Crippen LogP) is 4.18. The third-order valence-electron chi connectivity index (χ3n) is 3.98. The van der Waals surface area contributed by atoms with E-state index in [0.717, 1.165) is 20.6 Å². The molecule has 0 spiro atoms. The lowest BCUT2D eigenvalue weighted by molar-refractivity contribution is -0.117. The molecule has 0 unspecified atom stereocenters. The lowest BCUT2D eigenvalue weighted by atomic mass is 10.1. The molecule has 0 saturated heterocycles. The first-order valence-corrected chi connectivity index (χ1v) is 8.53. The summed E-state index contributed by atoms with van der Waals surface area (Å²) in [5, 5.41) is 0.667. The average Bonchev–Trinajstić information content (AvgIpc) is 2.82. The van der Waals surface area contributed by atoms with Gasteiger partial charge in [0, 0.05) is 12.1 Å². The number of aryl methyl sites for hydroxylation is 3. The van der Waals surface area contributed by atoms with Gasteiger partial charge in [0.05, 0.1) is 16.6 Å². The second-order valence-electron chi connectivity index (χ2n) is 5.61. The maximum Gasteiger partial charge on any atom is 0.252 e. The van der Waals surface area contributed by atoms with Crippen molar-refractivity contribution < 1.29 is 4.79 Å².